The second-order valence-corrected chi connectivity index (χ2v) is 6.54. The van der Waals surface area contributed by atoms with Gasteiger partial charge in [-0.15, -0.1) is 0 Å². The minimum Gasteiger partial charge on any atom is -0.353 e. The van der Waals surface area contributed by atoms with Crippen molar-refractivity contribution in [2.45, 2.75) is 0 Å². The number of hydrogen-bond donors (Lipinski definition) is 2. The van der Waals surface area contributed by atoms with Crippen LogP contribution in [0, 0.1) is 0 Å². The number of pyridine rings is 2. The third-order valence-corrected chi connectivity index (χ3v) is 5.06. The van der Waals surface area contributed by atoms with Gasteiger partial charge in [-0.2, -0.15) is 0 Å². The Labute approximate surface area is 148 Å². The number of nitrogens with zero attached hydrogens (tertiary/aromatic N) is 2. The van der Waals surface area contributed by atoms with E-state index in [4.69, 9.17) is 0 Å². The summed E-state index contributed by atoms with van der Waals surface area (Å²) >= 11 is 0. The summed E-state index contributed by atoms with van der Waals surface area (Å²) in [6, 6.07) is 20.8. The van der Waals surface area contributed by atoms with Gasteiger partial charge in [-0.1, -0.05) is 36.4 Å². The molecule has 6 rings (SSSR count). The number of aromatic nitrogens is 4. The maximum atomic E-state index is 4.68. The summed E-state index contributed by atoms with van der Waals surface area (Å²) < 4.78 is 0. The van der Waals surface area contributed by atoms with Gasteiger partial charge in [-0.05, 0) is 24.3 Å². The molecule has 0 saturated heterocycles. The molecule has 0 atom stereocenters. The minimum absolute atomic E-state index is 0.874. The molecule has 0 aliphatic rings. The van der Waals surface area contributed by atoms with E-state index in [0.717, 1.165) is 33.5 Å². The van der Waals surface area contributed by atoms with Crippen molar-refractivity contribution < 1.29 is 0 Å². The van der Waals surface area contributed by atoms with Crippen LogP contribution in [0.5, 0.6) is 0 Å². The Morgan fingerprint density at radius 3 is 2.19 bits per heavy atom. The molecule has 0 spiro atoms. The van der Waals surface area contributed by atoms with E-state index in [1.807, 2.05) is 24.5 Å². The molecule has 0 unspecified atom stereocenters. The highest BCUT2D eigenvalue weighted by molar-refractivity contribution is 6.12. The predicted molar refractivity (Wildman–Crippen MR) is 106 cm³/mol. The fraction of sp³-hybridized carbons (Fsp3) is 0. The molecular weight excluding hydrogens is 320 g/mol. The lowest BCUT2D eigenvalue weighted by Crippen LogP contribution is -1.88. The van der Waals surface area contributed by atoms with Crippen molar-refractivity contribution in [3.63, 3.8) is 0 Å². The van der Waals surface area contributed by atoms with Crippen molar-refractivity contribution in [3.8, 4) is 11.4 Å². The largest absolute Gasteiger partial charge is 0.353 e. The Balaban J connectivity index is 1.68. The van der Waals surface area contributed by atoms with Crippen LogP contribution in [0.15, 0.2) is 73.1 Å². The van der Waals surface area contributed by atoms with Crippen molar-refractivity contribution in [1.29, 1.82) is 0 Å². The van der Waals surface area contributed by atoms with Gasteiger partial charge < -0.3 is 9.97 Å². The van der Waals surface area contributed by atoms with Crippen molar-refractivity contribution >= 4 is 43.6 Å². The third-order valence-electron chi connectivity index (χ3n) is 5.06. The highest BCUT2D eigenvalue weighted by Crippen LogP contribution is 2.33. The summed E-state index contributed by atoms with van der Waals surface area (Å²) in [6.07, 6.45) is 3.76. The predicted octanol–water partition coefficient (Wildman–Crippen LogP) is 5.41. The minimum atomic E-state index is 0.874. The fourth-order valence-corrected chi connectivity index (χ4v) is 3.85. The van der Waals surface area contributed by atoms with Crippen LogP contribution in [0.2, 0.25) is 0 Å². The highest BCUT2D eigenvalue weighted by atomic mass is 14.8. The van der Waals surface area contributed by atoms with E-state index in [1.165, 1.54) is 21.5 Å². The number of nitrogens with one attached hydrogen (secondary N) is 2. The number of benzene rings is 2. The zero-order chi connectivity index (χ0) is 17.1. The van der Waals surface area contributed by atoms with Crippen molar-refractivity contribution in [2.24, 2.45) is 0 Å². The van der Waals surface area contributed by atoms with Crippen LogP contribution in [0.4, 0.5) is 0 Å². The SMILES string of the molecule is c1ccc2c(c1)[nH]c1cnc(-c3nccc4c3[nH]c3ccccc34)cc12. The molecular formula is C22H14N4. The maximum Gasteiger partial charge on any atom is 0.113 e. The second-order valence-electron chi connectivity index (χ2n) is 6.54. The number of para-hydroxylation sites is 2. The zero-order valence-electron chi connectivity index (χ0n) is 13.8. The van der Waals surface area contributed by atoms with Gasteiger partial charge in [-0.25, -0.2) is 0 Å². The normalized spacial score (nSPS) is 11.8. The summed E-state index contributed by atoms with van der Waals surface area (Å²) in [6.45, 7) is 0. The molecule has 4 aromatic heterocycles. The topological polar surface area (TPSA) is 57.4 Å². The molecule has 0 aliphatic heterocycles. The molecule has 0 bridgehead atoms. The van der Waals surface area contributed by atoms with Gasteiger partial charge in [0.1, 0.15) is 5.69 Å². The van der Waals surface area contributed by atoms with Crippen LogP contribution in [-0.4, -0.2) is 19.9 Å². The number of fused-ring (bicyclic) bond motifs is 6. The first-order chi connectivity index (χ1) is 12.9. The summed E-state index contributed by atoms with van der Waals surface area (Å²) in [7, 11) is 0. The number of rotatable bonds is 1. The zero-order valence-corrected chi connectivity index (χ0v) is 13.8. The first kappa shape index (κ1) is 13.6. The molecule has 2 aromatic carbocycles. The molecule has 0 radical (unpaired) electrons. The molecule has 4 heteroatoms. The van der Waals surface area contributed by atoms with Crippen LogP contribution in [0.1, 0.15) is 0 Å². The maximum absolute atomic E-state index is 4.68. The summed E-state index contributed by atoms with van der Waals surface area (Å²) in [5.41, 5.74) is 6.06. The first-order valence-corrected chi connectivity index (χ1v) is 8.61. The number of H-pyrrole nitrogens is 2. The lowest BCUT2D eigenvalue weighted by molar-refractivity contribution is 1.27. The average molecular weight is 334 g/mol. The Hall–Kier alpha value is -3.66. The summed E-state index contributed by atoms with van der Waals surface area (Å²) in [5, 5.41) is 4.75. The number of aromatic amines is 2. The molecule has 122 valence electrons. The van der Waals surface area contributed by atoms with E-state index in [2.05, 4.69) is 68.5 Å². The van der Waals surface area contributed by atoms with Gasteiger partial charge >= 0.3 is 0 Å². The molecule has 26 heavy (non-hydrogen) atoms. The summed E-state index contributed by atoms with van der Waals surface area (Å²) in [4.78, 5) is 16.3. The standard InChI is InChI=1S/C22H14N4/c1-4-8-18-13(5-1)15-9-10-23-22(21(15)26-18)19-11-16-14-6-2-3-7-17(14)25-20(16)12-24-19/h1-12,25-26H. The smallest absolute Gasteiger partial charge is 0.113 e. The Bertz CT molecular complexity index is 1440. The van der Waals surface area contributed by atoms with E-state index in [1.54, 1.807) is 0 Å². The molecule has 0 saturated carbocycles. The van der Waals surface area contributed by atoms with Crippen LogP contribution in [0.3, 0.4) is 0 Å². The summed E-state index contributed by atoms with van der Waals surface area (Å²) in [5.74, 6) is 0. The van der Waals surface area contributed by atoms with Gasteiger partial charge in [0.25, 0.3) is 0 Å². The highest BCUT2D eigenvalue weighted by Gasteiger charge is 2.13. The fourth-order valence-electron chi connectivity index (χ4n) is 3.85. The van der Waals surface area contributed by atoms with Crippen molar-refractivity contribution in [2.75, 3.05) is 0 Å². The average Bonchev–Trinajstić information content (AvgIpc) is 3.25. The van der Waals surface area contributed by atoms with Crippen LogP contribution in [-0.2, 0) is 0 Å². The molecule has 4 heterocycles. The second kappa shape index (κ2) is 4.92. The van der Waals surface area contributed by atoms with E-state index < -0.39 is 0 Å². The Kier molecular flexibility index (Phi) is 2.58. The monoisotopic (exact) mass is 334 g/mol. The molecule has 0 fully saturated rings. The van der Waals surface area contributed by atoms with Gasteiger partial charge in [0, 0.05) is 38.8 Å². The van der Waals surface area contributed by atoms with Crippen LogP contribution >= 0.6 is 0 Å². The Morgan fingerprint density at radius 2 is 1.35 bits per heavy atom. The van der Waals surface area contributed by atoms with E-state index in [9.17, 15) is 0 Å². The first-order valence-electron chi connectivity index (χ1n) is 8.61. The van der Waals surface area contributed by atoms with Crippen molar-refractivity contribution in [3.05, 3.63) is 73.1 Å². The quantitative estimate of drug-likeness (QED) is 0.422. The van der Waals surface area contributed by atoms with Crippen molar-refractivity contribution in [1.82, 2.24) is 19.9 Å². The molecule has 0 aliphatic carbocycles. The molecule has 0 amide bonds. The van der Waals surface area contributed by atoms with Gasteiger partial charge in [0.2, 0.25) is 0 Å². The lowest BCUT2D eigenvalue weighted by atomic mass is 10.1. The van der Waals surface area contributed by atoms with Gasteiger partial charge in [-0.3, -0.25) is 9.97 Å². The van der Waals surface area contributed by atoms with Gasteiger partial charge in [0.05, 0.1) is 22.9 Å². The lowest BCUT2D eigenvalue weighted by Gasteiger charge is -2.02. The van der Waals surface area contributed by atoms with Crippen LogP contribution < -0.4 is 0 Å². The molecule has 4 nitrogen and oxygen atoms in total. The van der Waals surface area contributed by atoms with Gasteiger partial charge in [0.15, 0.2) is 0 Å². The molecule has 6 aromatic rings. The number of hydrogen-bond acceptors (Lipinski definition) is 2. The third kappa shape index (κ3) is 1.78. The van der Waals surface area contributed by atoms with E-state index in [0.29, 0.717) is 0 Å². The van der Waals surface area contributed by atoms with E-state index in [-0.39, 0.29) is 0 Å². The van der Waals surface area contributed by atoms with E-state index >= 15 is 0 Å². The molecule has 2 N–H and O–H groups in total. The van der Waals surface area contributed by atoms with Crippen LogP contribution in [0.25, 0.3) is 55.0 Å². The Morgan fingerprint density at radius 1 is 0.615 bits per heavy atom.